The van der Waals surface area contributed by atoms with Crippen molar-refractivity contribution < 1.29 is 19.2 Å². The van der Waals surface area contributed by atoms with E-state index in [4.69, 9.17) is 9.26 Å². The first kappa shape index (κ1) is 23.7. The minimum atomic E-state index is -0.565. The monoisotopic (exact) mass is 503 g/mol. The lowest BCUT2D eigenvalue weighted by molar-refractivity contribution is -0.127. The van der Waals surface area contributed by atoms with Gasteiger partial charge >= 0.3 is 0 Å². The molecule has 0 aliphatic heterocycles. The van der Waals surface area contributed by atoms with Crippen molar-refractivity contribution in [3.8, 4) is 5.88 Å². The van der Waals surface area contributed by atoms with Gasteiger partial charge in [-0.05, 0) is 54.9 Å². The van der Waals surface area contributed by atoms with Gasteiger partial charge in [0.15, 0.2) is 11.5 Å². The van der Waals surface area contributed by atoms with E-state index in [1.165, 1.54) is 6.04 Å². The fourth-order valence-corrected chi connectivity index (χ4v) is 9.44. The average molecular weight is 504 g/mol. The summed E-state index contributed by atoms with van der Waals surface area (Å²) in [5.74, 6) is 2.49. The van der Waals surface area contributed by atoms with Gasteiger partial charge in [-0.25, -0.2) is 0 Å². The molecule has 2 fully saturated rings. The van der Waals surface area contributed by atoms with Crippen LogP contribution in [0.2, 0.25) is 19.1 Å². The number of ether oxygens (including phenoxy) is 1. The summed E-state index contributed by atoms with van der Waals surface area (Å²) in [5.41, 5.74) is 1.41. The van der Waals surface area contributed by atoms with E-state index >= 15 is 0 Å². The second-order valence-corrected chi connectivity index (χ2v) is 14.7. The Labute approximate surface area is 214 Å². The molecule has 189 valence electrons. The van der Waals surface area contributed by atoms with Crippen molar-refractivity contribution in [3.63, 3.8) is 0 Å². The van der Waals surface area contributed by atoms with Gasteiger partial charge in [0.25, 0.3) is 5.88 Å². The third-order valence-electron chi connectivity index (χ3n) is 9.09. The maximum atomic E-state index is 14.3. The number of carbonyl (C=O) groups is 1. The molecule has 1 N–H and O–H groups in total. The molecular weight excluding hydrogens is 468 g/mol. The first-order chi connectivity index (χ1) is 17.2. The fourth-order valence-electron chi connectivity index (χ4n) is 7.96. The van der Waals surface area contributed by atoms with Gasteiger partial charge in [-0.1, -0.05) is 68.5 Å². The van der Waals surface area contributed by atoms with Gasteiger partial charge in [0.1, 0.15) is 17.9 Å². The minimum Gasteiger partial charge on any atom is -0.507 e. The van der Waals surface area contributed by atoms with E-state index in [9.17, 15) is 9.90 Å². The third-order valence-corrected chi connectivity index (χ3v) is 10.4. The molecule has 1 aromatic carbocycles. The number of allylic oxidation sites excluding steroid dienone is 2. The zero-order valence-corrected chi connectivity index (χ0v) is 22.7. The Balaban J connectivity index is 1.42. The van der Waals surface area contributed by atoms with Gasteiger partial charge in [0.2, 0.25) is 0 Å². The fraction of sp³-hybridized carbons (Fsp3) is 0.517. The second kappa shape index (κ2) is 8.45. The highest BCUT2D eigenvalue weighted by molar-refractivity contribution is 6.55. The van der Waals surface area contributed by atoms with Crippen LogP contribution in [0.5, 0.6) is 5.88 Å². The third kappa shape index (κ3) is 3.32. The molecule has 36 heavy (non-hydrogen) atoms. The van der Waals surface area contributed by atoms with Crippen LogP contribution >= 0.6 is 0 Å². The number of nitrogens with zero attached hydrogens (tertiary/aromatic N) is 2. The van der Waals surface area contributed by atoms with Gasteiger partial charge < -0.3 is 14.4 Å². The molecule has 2 aromatic rings. The van der Waals surface area contributed by atoms with Crippen molar-refractivity contribution >= 4 is 20.3 Å². The summed E-state index contributed by atoms with van der Waals surface area (Å²) < 4.78 is 11.9. The van der Waals surface area contributed by atoms with E-state index in [1.54, 1.807) is 0 Å². The lowest BCUT2D eigenvalue weighted by Crippen LogP contribution is -2.50. The number of Topliss-reactive ketones (excluding diaryl/α,β-unsaturated/α-hetero) is 1. The van der Waals surface area contributed by atoms with E-state index < -0.39 is 14.2 Å². The Morgan fingerprint density at radius 3 is 2.61 bits per heavy atom. The number of aliphatic hydroxyl groups excluding tert-OH is 1. The molecule has 2 bridgehead atoms. The van der Waals surface area contributed by atoms with Crippen LogP contribution in [0.25, 0.3) is 5.76 Å². The summed E-state index contributed by atoms with van der Waals surface area (Å²) >= 11 is 0. The van der Waals surface area contributed by atoms with Crippen molar-refractivity contribution in [1.29, 1.82) is 0 Å². The zero-order valence-electron chi connectivity index (χ0n) is 21.7. The SMILES string of the molecule is CN(C)[C@H]1c2onc(OCc3ccccc3)c2C(O)=C2C(=O)[C@H]3[C@@H](C[C@]21C)[C@H]1C=C[C@@H]3C1C[Si](C)C. The predicted octanol–water partition coefficient (Wildman–Crippen LogP) is 5.54. The topological polar surface area (TPSA) is 75.8 Å². The normalized spacial score (nSPS) is 34.4. The molecule has 7 heteroatoms. The van der Waals surface area contributed by atoms with E-state index in [0.29, 0.717) is 41.3 Å². The molecule has 1 unspecified atom stereocenters. The molecule has 1 radical (unpaired) electrons. The number of hydrogen-bond donors (Lipinski definition) is 1. The molecule has 1 aromatic heterocycles. The van der Waals surface area contributed by atoms with Crippen LogP contribution < -0.4 is 4.74 Å². The molecule has 7 atom stereocenters. The van der Waals surface area contributed by atoms with Crippen LogP contribution in [0.4, 0.5) is 0 Å². The largest absolute Gasteiger partial charge is 0.507 e. The minimum absolute atomic E-state index is 0.00241. The summed E-state index contributed by atoms with van der Waals surface area (Å²) in [6, 6.07) is 10.8. The maximum absolute atomic E-state index is 14.3. The van der Waals surface area contributed by atoms with Gasteiger partial charge in [0, 0.05) is 25.7 Å². The van der Waals surface area contributed by atoms with Gasteiger partial charge in [0.05, 0.1) is 6.04 Å². The number of aromatic nitrogens is 1. The average Bonchev–Trinajstić information content (AvgIpc) is 3.49. The molecule has 0 amide bonds. The molecule has 6 rings (SSSR count). The predicted molar refractivity (Wildman–Crippen MR) is 140 cm³/mol. The molecule has 4 aliphatic carbocycles. The zero-order chi connectivity index (χ0) is 25.4. The van der Waals surface area contributed by atoms with Gasteiger partial charge in [-0.2, -0.15) is 0 Å². The first-order valence-corrected chi connectivity index (χ1v) is 15.7. The van der Waals surface area contributed by atoms with Crippen LogP contribution in [-0.2, 0) is 11.4 Å². The smallest absolute Gasteiger partial charge is 0.265 e. The number of fused-ring (bicyclic) bond motifs is 7. The van der Waals surface area contributed by atoms with Crippen LogP contribution in [-0.4, -0.2) is 43.8 Å². The number of rotatable bonds is 6. The first-order valence-electron chi connectivity index (χ1n) is 13.0. The van der Waals surface area contributed by atoms with E-state index in [2.05, 4.69) is 42.2 Å². The summed E-state index contributed by atoms with van der Waals surface area (Å²) in [6.07, 6.45) is 5.53. The number of benzene rings is 1. The van der Waals surface area contributed by atoms with E-state index in [1.807, 2.05) is 44.4 Å². The quantitative estimate of drug-likeness (QED) is 0.412. The molecule has 4 aliphatic rings. The molecule has 2 saturated carbocycles. The molecular formula is C29H35N2O4Si. The van der Waals surface area contributed by atoms with Gasteiger partial charge in [-0.15, -0.1) is 0 Å². The number of hydrogen-bond acceptors (Lipinski definition) is 6. The Bertz CT molecular complexity index is 1250. The van der Waals surface area contributed by atoms with Crippen LogP contribution in [0, 0.1) is 35.0 Å². The van der Waals surface area contributed by atoms with Gasteiger partial charge in [-0.3, -0.25) is 9.69 Å². The summed E-state index contributed by atoms with van der Waals surface area (Å²) in [5, 5.41) is 15.9. The lowest BCUT2D eigenvalue weighted by Gasteiger charge is -2.50. The molecule has 0 spiro atoms. The Hall–Kier alpha value is -2.64. The highest BCUT2D eigenvalue weighted by atomic mass is 28.3. The van der Waals surface area contributed by atoms with Crippen LogP contribution in [0.3, 0.4) is 0 Å². The van der Waals surface area contributed by atoms with Crippen molar-refractivity contribution in [2.75, 3.05) is 14.1 Å². The number of aliphatic hydroxyl groups is 1. The molecule has 0 saturated heterocycles. The summed E-state index contributed by atoms with van der Waals surface area (Å²) in [6.45, 7) is 7.17. The van der Waals surface area contributed by atoms with Crippen molar-refractivity contribution in [2.45, 2.75) is 45.1 Å². The highest BCUT2D eigenvalue weighted by Crippen LogP contribution is 2.66. The highest BCUT2D eigenvalue weighted by Gasteiger charge is 2.64. The number of carbonyl (C=O) groups excluding carboxylic acids is 1. The Morgan fingerprint density at radius 2 is 1.92 bits per heavy atom. The van der Waals surface area contributed by atoms with Crippen LogP contribution in [0.15, 0.2) is 52.6 Å². The molecule has 6 nitrogen and oxygen atoms in total. The Kier molecular flexibility index (Phi) is 5.57. The van der Waals surface area contributed by atoms with Crippen molar-refractivity contribution in [1.82, 2.24) is 10.1 Å². The van der Waals surface area contributed by atoms with E-state index in [-0.39, 0.29) is 35.3 Å². The van der Waals surface area contributed by atoms with Crippen molar-refractivity contribution in [2.24, 2.45) is 35.0 Å². The number of ketones is 1. The molecule has 1 heterocycles. The second-order valence-electron chi connectivity index (χ2n) is 11.9. The Morgan fingerprint density at radius 1 is 1.19 bits per heavy atom. The lowest BCUT2D eigenvalue weighted by atomic mass is 9.55. The van der Waals surface area contributed by atoms with Crippen LogP contribution in [0.1, 0.15) is 36.3 Å². The maximum Gasteiger partial charge on any atom is 0.265 e. The summed E-state index contributed by atoms with van der Waals surface area (Å²) in [7, 11) is 3.61. The van der Waals surface area contributed by atoms with E-state index in [0.717, 1.165) is 12.0 Å². The standard InChI is InChI=1S/C29H35N2O4Si/c1-29-13-19-17-11-12-18(20(17)15-36(4)5)21(19)24(32)23(29)25(33)22-26(27(29)31(2)3)35-30-28(22)34-14-16-9-7-6-8-10-16/h6-12,17-21,27,33H,13-15H2,1-5H3/t17-,18-,19+,20?,21-,27+,29-/m1/s1. The van der Waals surface area contributed by atoms with Crippen molar-refractivity contribution in [3.05, 3.63) is 64.9 Å². The summed E-state index contributed by atoms with van der Waals surface area (Å²) in [4.78, 5) is 16.4.